The van der Waals surface area contributed by atoms with E-state index in [4.69, 9.17) is 16.3 Å². The molecule has 0 radical (unpaired) electrons. The third kappa shape index (κ3) is 11.7. The summed E-state index contributed by atoms with van der Waals surface area (Å²) < 4.78 is 53.7. The molecular formula is C50H61ClN8O7S2. The molecule has 3 heterocycles. The second-order valence-electron chi connectivity index (χ2n) is 18.9. The third-order valence-electron chi connectivity index (χ3n) is 13.7. The molecule has 1 amide bonds. The van der Waals surface area contributed by atoms with E-state index in [-0.39, 0.29) is 34.4 Å². The Morgan fingerprint density at radius 2 is 1.71 bits per heavy atom. The van der Waals surface area contributed by atoms with E-state index in [9.17, 15) is 27.5 Å². The van der Waals surface area contributed by atoms with Gasteiger partial charge in [0.25, 0.3) is 21.6 Å². The number of nitro benzene ring substituents is 1. The maximum absolute atomic E-state index is 14.0. The van der Waals surface area contributed by atoms with Gasteiger partial charge in [0.2, 0.25) is 0 Å². The fourth-order valence-corrected chi connectivity index (χ4v) is 12.1. The zero-order valence-corrected chi connectivity index (χ0v) is 41.5. The van der Waals surface area contributed by atoms with Crippen LogP contribution < -0.4 is 19.7 Å². The number of hydrogen-bond donors (Lipinski definition) is 3. The van der Waals surface area contributed by atoms with Crippen LogP contribution in [0.2, 0.25) is 5.02 Å². The molecule has 2 fully saturated rings. The highest BCUT2D eigenvalue weighted by molar-refractivity contribution is 7.93. The molecule has 1 saturated heterocycles. The fraction of sp³-hybridized carbons (Fsp3) is 0.440. The number of aromatic nitrogens is 2. The number of halogens is 1. The number of pyridine rings is 1. The summed E-state index contributed by atoms with van der Waals surface area (Å²) >= 11 is 6.25. The van der Waals surface area contributed by atoms with E-state index in [1.807, 2.05) is 32.0 Å². The summed E-state index contributed by atoms with van der Waals surface area (Å²) in [6.45, 7) is 12.8. The van der Waals surface area contributed by atoms with E-state index in [1.54, 1.807) is 30.5 Å². The Bertz CT molecular complexity index is 2920. The number of piperazine rings is 1. The first-order valence-electron chi connectivity index (χ1n) is 23.5. The van der Waals surface area contributed by atoms with Gasteiger partial charge in [-0.25, -0.2) is 26.7 Å². The first-order valence-corrected chi connectivity index (χ1v) is 27.2. The number of ether oxygens (including phenoxy) is 1. The monoisotopic (exact) mass is 984 g/mol. The number of hydrogen-bond acceptors (Lipinski definition) is 12. The van der Waals surface area contributed by atoms with Gasteiger partial charge >= 0.3 is 0 Å². The van der Waals surface area contributed by atoms with Gasteiger partial charge in [0, 0.05) is 94.9 Å². The number of aromatic amines is 1. The van der Waals surface area contributed by atoms with Crippen LogP contribution in [0.5, 0.6) is 11.5 Å². The minimum Gasteiger partial charge on any atom is -0.455 e. The van der Waals surface area contributed by atoms with E-state index in [1.165, 1.54) is 35.0 Å². The molecule has 362 valence electrons. The number of benzene rings is 3. The van der Waals surface area contributed by atoms with Gasteiger partial charge in [-0.3, -0.25) is 19.8 Å². The summed E-state index contributed by atoms with van der Waals surface area (Å²) in [5.41, 5.74) is 5.46. The largest absolute Gasteiger partial charge is 0.455 e. The number of anilines is 2. The number of H-pyrrole nitrogens is 1. The molecule has 15 nitrogen and oxygen atoms in total. The molecule has 0 atom stereocenters. The number of nitrogens with one attached hydrogen (secondary N) is 3. The smallest absolute Gasteiger partial charge is 0.293 e. The zero-order valence-electron chi connectivity index (χ0n) is 39.1. The summed E-state index contributed by atoms with van der Waals surface area (Å²) in [5, 5.41) is 16.9. The lowest BCUT2D eigenvalue weighted by Crippen LogP contribution is -2.47. The predicted molar refractivity (Wildman–Crippen MR) is 271 cm³/mol. The van der Waals surface area contributed by atoms with Crippen molar-refractivity contribution in [2.75, 3.05) is 61.0 Å². The molecule has 5 aromatic rings. The second-order valence-corrected chi connectivity index (χ2v) is 24.0. The Balaban J connectivity index is 0.967. The van der Waals surface area contributed by atoms with Gasteiger partial charge in [-0.05, 0) is 116 Å². The quantitative estimate of drug-likeness (QED) is 0.0629. The van der Waals surface area contributed by atoms with Crippen molar-refractivity contribution < 1.29 is 27.1 Å². The number of sulfonamides is 1. The van der Waals surface area contributed by atoms with Crippen LogP contribution in [0.25, 0.3) is 16.6 Å². The average Bonchev–Trinajstić information content (AvgIpc) is 3.80. The molecule has 2 aliphatic carbocycles. The van der Waals surface area contributed by atoms with Crippen LogP contribution >= 0.6 is 11.6 Å². The highest BCUT2D eigenvalue weighted by Gasteiger charge is 2.31. The number of fused-ring (bicyclic) bond motifs is 1. The van der Waals surface area contributed by atoms with E-state index in [0.717, 1.165) is 86.7 Å². The number of carbonyl (C=O) groups excluding carboxylic acids is 1. The van der Waals surface area contributed by atoms with Crippen molar-refractivity contribution in [2.24, 2.45) is 15.7 Å². The maximum Gasteiger partial charge on any atom is 0.293 e. The molecule has 3 aliphatic rings. The van der Waals surface area contributed by atoms with Gasteiger partial charge in [0.15, 0.2) is 0 Å². The van der Waals surface area contributed by atoms with Crippen molar-refractivity contribution >= 4 is 70.9 Å². The summed E-state index contributed by atoms with van der Waals surface area (Å²) in [6.07, 6.45) is 9.68. The van der Waals surface area contributed by atoms with Gasteiger partial charge in [0.1, 0.15) is 22.8 Å². The van der Waals surface area contributed by atoms with Crippen LogP contribution in [0, 0.1) is 21.4 Å². The van der Waals surface area contributed by atoms with E-state index in [0.29, 0.717) is 42.5 Å². The van der Waals surface area contributed by atoms with Crippen molar-refractivity contribution in [1.29, 1.82) is 0 Å². The van der Waals surface area contributed by atoms with E-state index >= 15 is 0 Å². The molecule has 1 aliphatic heterocycles. The Kier molecular flexibility index (Phi) is 14.8. The van der Waals surface area contributed by atoms with Gasteiger partial charge in [-0.2, -0.15) is 0 Å². The number of nitrogens with zero attached hydrogens (tertiary/aromatic N) is 5. The van der Waals surface area contributed by atoms with Crippen molar-refractivity contribution in [2.45, 2.75) is 83.6 Å². The molecule has 8 rings (SSSR count). The molecule has 3 aromatic carbocycles. The van der Waals surface area contributed by atoms with Gasteiger partial charge in [-0.1, -0.05) is 57.0 Å². The van der Waals surface area contributed by atoms with Crippen molar-refractivity contribution in [3.05, 3.63) is 117 Å². The van der Waals surface area contributed by atoms with Crippen molar-refractivity contribution in [3.63, 3.8) is 0 Å². The van der Waals surface area contributed by atoms with Crippen molar-refractivity contribution in [1.82, 2.24) is 19.6 Å². The molecule has 3 N–H and O–H groups in total. The maximum atomic E-state index is 14.0. The van der Waals surface area contributed by atoms with E-state index < -0.39 is 41.2 Å². The third-order valence-corrected chi connectivity index (χ3v) is 17.8. The molecule has 0 unspecified atom stereocenters. The lowest BCUT2D eigenvalue weighted by molar-refractivity contribution is -0.384. The van der Waals surface area contributed by atoms with Gasteiger partial charge in [-0.15, -0.1) is 0 Å². The van der Waals surface area contributed by atoms with Gasteiger partial charge in [0.05, 0.1) is 27.6 Å². The predicted octanol–water partition coefficient (Wildman–Crippen LogP) is 10.3. The van der Waals surface area contributed by atoms with Gasteiger partial charge < -0.3 is 19.9 Å². The molecule has 1 saturated carbocycles. The molecule has 68 heavy (non-hydrogen) atoms. The van der Waals surface area contributed by atoms with Crippen LogP contribution in [-0.4, -0.2) is 95.1 Å². The summed E-state index contributed by atoms with van der Waals surface area (Å²) in [4.78, 5) is 37.4. The molecule has 2 aromatic heterocycles. The lowest BCUT2D eigenvalue weighted by Gasteiger charge is -2.39. The Labute approximate surface area is 404 Å². The average molecular weight is 986 g/mol. The SMILES string of the molecule is CCS(=O)(CC)=NC1CCC(CNc2ccc(S(=O)(=O)NC(=O)c3ccc(N4CCN(CC5=C(c6ccc(Cl)cc6)CC(C)(C)CC5)CC4)cc3Oc3cnc4[nH]ccc4c3)cc2[N+](=O)[O-])CC1. The van der Waals surface area contributed by atoms with E-state index in [2.05, 4.69) is 60.1 Å². The summed E-state index contributed by atoms with van der Waals surface area (Å²) in [7, 11) is -6.79. The van der Waals surface area contributed by atoms with Crippen LogP contribution in [0.15, 0.2) is 100 Å². The second kappa shape index (κ2) is 20.6. The minimum atomic E-state index is -4.60. The number of amides is 1. The number of nitro groups is 1. The molecule has 18 heteroatoms. The number of allylic oxidation sites excluding steroid dienone is 1. The summed E-state index contributed by atoms with van der Waals surface area (Å²) in [6, 6.07) is 20.4. The fourth-order valence-electron chi connectivity index (χ4n) is 9.53. The van der Waals surface area contributed by atoms with Crippen LogP contribution in [0.3, 0.4) is 0 Å². The zero-order chi connectivity index (χ0) is 48.2. The van der Waals surface area contributed by atoms with Crippen LogP contribution in [0.4, 0.5) is 17.1 Å². The standard InChI is InChI=1S/C50H61ClN8O7S2/c1-5-67(63,6-2)55-39-13-7-34(8-14-39)31-53-45-18-16-42(29-46(45)59(61)62)68(64,65)56-49(60)43-17-15-40(28-47(43)66-41-27-36-20-22-52-48(36)54-32-41)58-25-23-57(24-26-58)33-37-19-21-50(3,4)30-44(37)35-9-11-38(51)12-10-35/h9-12,15-18,20,22,27-29,32,34,39,53H,5-8,13-14,19,21,23-26,30-31,33H2,1-4H3,(H,52,54)(H,56,60). The van der Waals surface area contributed by atoms with Crippen LogP contribution in [0.1, 0.15) is 88.6 Å². The summed E-state index contributed by atoms with van der Waals surface area (Å²) in [5.74, 6) is 0.770. The molecular weight excluding hydrogens is 924 g/mol. The Morgan fingerprint density at radius 1 is 0.971 bits per heavy atom. The topological polar surface area (TPSA) is 192 Å². The first kappa shape index (κ1) is 48.9. The lowest BCUT2D eigenvalue weighted by atomic mass is 9.72. The Morgan fingerprint density at radius 3 is 2.41 bits per heavy atom. The van der Waals surface area contributed by atoms with Crippen molar-refractivity contribution in [3.8, 4) is 11.5 Å². The Hall–Kier alpha value is -5.49. The number of carbonyl (C=O) groups is 1. The molecule has 0 spiro atoms. The molecule has 0 bridgehead atoms. The first-order chi connectivity index (χ1) is 32.5. The highest BCUT2D eigenvalue weighted by Crippen LogP contribution is 2.44. The minimum absolute atomic E-state index is 0.0412. The number of rotatable bonds is 16. The normalized spacial score (nSPS) is 19.2. The highest BCUT2D eigenvalue weighted by atomic mass is 35.5. The van der Waals surface area contributed by atoms with Crippen LogP contribution in [-0.2, 0) is 19.8 Å².